The summed E-state index contributed by atoms with van der Waals surface area (Å²) in [5.74, 6) is 1.42. The highest BCUT2D eigenvalue weighted by Gasteiger charge is 2.31. The van der Waals surface area contributed by atoms with Gasteiger partial charge in [-0.05, 0) is 68.7 Å². The Morgan fingerprint density at radius 1 is 1.14 bits per heavy atom. The molecule has 37 heavy (non-hydrogen) atoms. The molecule has 6 nitrogen and oxygen atoms in total. The van der Waals surface area contributed by atoms with Crippen LogP contribution in [-0.4, -0.2) is 40.4 Å². The maximum atomic E-state index is 13.4. The van der Waals surface area contributed by atoms with Crippen LogP contribution < -0.4 is 9.64 Å². The van der Waals surface area contributed by atoms with Crippen molar-refractivity contribution in [2.45, 2.75) is 71.1 Å². The number of carbonyl (C=O) groups excluding carboxylic acids is 2. The molecule has 1 fully saturated rings. The van der Waals surface area contributed by atoms with Gasteiger partial charge in [-0.25, -0.2) is 0 Å². The van der Waals surface area contributed by atoms with E-state index in [4.69, 9.17) is 16.3 Å². The zero-order valence-electron chi connectivity index (χ0n) is 21.9. The zero-order valence-corrected chi connectivity index (χ0v) is 23.5. The first-order valence-corrected chi connectivity index (χ1v) is 14.5. The van der Waals surface area contributed by atoms with Crippen molar-refractivity contribution in [1.29, 1.82) is 0 Å². The Kier molecular flexibility index (Phi) is 9.54. The van der Waals surface area contributed by atoms with Crippen LogP contribution in [0.1, 0.15) is 63.0 Å². The highest BCUT2D eigenvalue weighted by Crippen LogP contribution is 2.35. The van der Waals surface area contributed by atoms with Crippen molar-refractivity contribution in [2.24, 2.45) is 11.8 Å². The third-order valence-electron chi connectivity index (χ3n) is 7.14. The van der Waals surface area contributed by atoms with Gasteiger partial charge >= 0.3 is 0 Å². The molecule has 0 radical (unpaired) electrons. The lowest BCUT2D eigenvalue weighted by Crippen LogP contribution is -2.39. The molecular weight excluding hydrogens is 506 g/mol. The first kappa shape index (κ1) is 27.5. The molecule has 4 rings (SSSR count). The number of Topliss-reactive ketones (excluding diaryl/α,β-unsaturated/α-hetero) is 1. The number of amides is 1. The SMILES string of the molecule is CCCCN(C(=O)C1C=CC=CC1Cl)c1nnc(-c2cc(C)c(OCCC3CCC(=O)CC3)c(C)c2)s1. The van der Waals surface area contributed by atoms with Crippen molar-refractivity contribution in [3.05, 3.63) is 47.6 Å². The quantitative estimate of drug-likeness (QED) is 0.308. The molecule has 0 saturated heterocycles. The van der Waals surface area contributed by atoms with E-state index in [1.807, 2.05) is 38.2 Å². The number of hydrogen-bond donors (Lipinski definition) is 0. The van der Waals surface area contributed by atoms with Gasteiger partial charge in [-0.2, -0.15) is 0 Å². The monoisotopic (exact) mass is 541 g/mol. The summed E-state index contributed by atoms with van der Waals surface area (Å²) >= 11 is 7.86. The third kappa shape index (κ3) is 6.88. The van der Waals surface area contributed by atoms with E-state index >= 15 is 0 Å². The van der Waals surface area contributed by atoms with Crippen LogP contribution in [0.25, 0.3) is 10.6 Å². The zero-order chi connectivity index (χ0) is 26.4. The minimum absolute atomic E-state index is 0.0461. The summed E-state index contributed by atoms with van der Waals surface area (Å²) in [4.78, 5) is 26.6. The minimum Gasteiger partial charge on any atom is -0.493 e. The van der Waals surface area contributed by atoms with Crippen LogP contribution in [0, 0.1) is 25.7 Å². The fourth-order valence-electron chi connectivity index (χ4n) is 4.95. The lowest BCUT2D eigenvalue weighted by Gasteiger charge is -2.25. The van der Waals surface area contributed by atoms with E-state index in [0.717, 1.165) is 59.6 Å². The standard InChI is InChI=1S/C29H36ClN3O3S/c1-4-5-15-33(28(35)24-8-6-7-9-25(24)30)29-32-31-27(37-29)22-17-19(2)26(20(3)18-22)36-16-14-21-10-12-23(34)13-11-21/h6-9,17-18,21,24-25H,4-5,10-16H2,1-3H3. The second kappa shape index (κ2) is 12.8. The third-order valence-corrected chi connectivity index (χ3v) is 8.55. The van der Waals surface area contributed by atoms with E-state index in [1.54, 1.807) is 4.90 Å². The lowest BCUT2D eigenvalue weighted by molar-refractivity contribution is -0.121. The Morgan fingerprint density at radius 2 is 1.84 bits per heavy atom. The molecule has 2 atom stereocenters. The molecule has 1 aromatic carbocycles. The number of rotatable bonds is 10. The van der Waals surface area contributed by atoms with Crippen molar-refractivity contribution < 1.29 is 14.3 Å². The first-order valence-electron chi connectivity index (χ1n) is 13.3. The van der Waals surface area contributed by atoms with Crippen LogP contribution in [0.15, 0.2) is 36.4 Å². The maximum absolute atomic E-state index is 13.4. The molecule has 2 aromatic rings. The second-order valence-corrected chi connectivity index (χ2v) is 11.5. The highest BCUT2D eigenvalue weighted by molar-refractivity contribution is 7.18. The van der Waals surface area contributed by atoms with Crippen molar-refractivity contribution in [2.75, 3.05) is 18.1 Å². The number of ketones is 1. The number of nitrogens with zero attached hydrogens (tertiary/aromatic N) is 3. The van der Waals surface area contributed by atoms with Crippen LogP contribution in [0.2, 0.25) is 0 Å². The van der Waals surface area contributed by atoms with Crippen LogP contribution in [0.5, 0.6) is 5.75 Å². The number of aryl methyl sites for hydroxylation is 2. The number of anilines is 1. The number of hydrogen-bond acceptors (Lipinski definition) is 6. The van der Waals surface area contributed by atoms with Crippen LogP contribution in [-0.2, 0) is 9.59 Å². The summed E-state index contributed by atoms with van der Waals surface area (Å²) in [6.45, 7) is 7.44. The summed E-state index contributed by atoms with van der Waals surface area (Å²) in [6.07, 6.45) is 13.7. The lowest BCUT2D eigenvalue weighted by atomic mass is 9.86. The van der Waals surface area contributed by atoms with Gasteiger partial charge in [-0.3, -0.25) is 14.5 Å². The fraction of sp³-hybridized carbons (Fsp3) is 0.517. The molecule has 2 unspecified atom stereocenters. The van der Waals surface area contributed by atoms with Gasteiger partial charge < -0.3 is 4.74 Å². The van der Waals surface area contributed by atoms with E-state index in [1.165, 1.54) is 11.3 Å². The molecule has 8 heteroatoms. The van der Waals surface area contributed by atoms with E-state index < -0.39 is 5.92 Å². The molecule has 1 aromatic heterocycles. The second-order valence-electron chi connectivity index (χ2n) is 10.0. The van der Waals surface area contributed by atoms with Crippen LogP contribution >= 0.6 is 22.9 Å². The topological polar surface area (TPSA) is 72.4 Å². The molecule has 0 bridgehead atoms. The molecule has 198 valence electrons. The van der Waals surface area contributed by atoms with Gasteiger partial charge in [-0.15, -0.1) is 21.8 Å². The van der Waals surface area contributed by atoms with Gasteiger partial charge in [0.25, 0.3) is 0 Å². The summed E-state index contributed by atoms with van der Waals surface area (Å²) < 4.78 is 6.19. The number of unbranched alkanes of at least 4 members (excludes halogenated alkanes) is 1. The Hall–Kier alpha value is -2.51. The van der Waals surface area contributed by atoms with Gasteiger partial charge in [0.15, 0.2) is 0 Å². The molecule has 0 aliphatic heterocycles. The van der Waals surface area contributed by atoms with E-state index in [2.05, 4.69) is 29.3 Å². The van der Waals surface area contributed by atoms with Crippen molar-refractivity contribution in [1.82, 2.24) is 10.2 Å². The molecule has 1 heterocycles. The van der Waals surface area contributed by atoms with Crippen molar-refractivity contribution in [3.8, 4) is 16.3 Å². The number of alkyl halides is 1. The summed E-state index contributed by atoms with van der Waals surface area (Å²) in [7, 11) is 0. The average Bonchev–Trinajstić information content (AvgIpc) is 3.37. The normalized spacial score (nSPS) is 19.8. The van der Waals surface area contributed by atoms with E-state index in [-0.39, 0.29) is 11.3 Å². The fourth-order valence-corrected chi connectivity index (χ4v) is 6.09. The molecule has 1 saturated carbocycles. The smallest absolute Gasteiger partial charge is 0.237 e. The molecule has 0 N–H and O–H groups in total. The molecule has 2 aliphatic carbocycles. The predicted octanol–water partition coefficient (Wildman–Crippen LogP) is 6.83. The Balaban J connectivity index is 1.46. The van der Waals surface area contributed by atoms with Crippen LogP contribution in [0.3, 0.4) is 0 Å². The Labute approximate surface area is 228 Å². The number of halogens is 1. The molecule has 1 amide bonds. The average molecular weight is 542 g/mol. The maximum Gasteiger partial charge on any atom is 0.237 e. The molecular formula is C29H36ClN3O3S. The number of allylic oxidation sites excluding steroid dienone is 3. The summed E-state index contributed by atoms with van der Waals surface area (Å²) in [5.41, 5.74) is 3.07. The van der Waals surface area contributed by atoms with Crippen molar-refractivity contribution in [3.63, 3.8) is 0 Å². The molecule has 2 aliphatic rings. The number of carbonyl (C=O) groups is 2. The number of ether oxygens (including phenoxy) is 1. The number of aromatic nitrogens is 2. The van der Waals surface area contributed by atoms with Gasteiger partial charge in [-0.1, -0.05) is 49.0 Å². The van der Waals surface area contributed by atoms with Crippen molar-refractivity contribution >= 4 is 39.8 Å². The van der Waals surface area contributed by atoms with Crippen LogP contribution in [0.4, 0.5) is 5.13 Å². The summed E-state index contributed by atoms with van der Waals surface area (Å²) in [5, 5.41) is 9.86. The largest absolute Gasteiger partial charge is 0.493 e. The summed E-state index contributed by atoms with van der Waals surface area (Å²) in [6, 6.07) is 4.15. The molecule has 0 spiro atoms. The Bertz CT molecular complexity index is 1140. The predicted molar refractivity (Wildman–Crippen MR) is 151 cm³/mol. The van der Waals surface area contributed by atoms with Gasteiger partial charge in [0, 0.05) is 24.9 Å². The number of benzene rings is 1. The van der Waals surface area contributed by atoms with Gasteiger partial charge in [0.05, 0.1) is 17.9 Å². The van der Waals surface area contributed by atoms with Gasteiger partial charge in [0.1, 0.15) is 16.5 Å². The first-order chi connectivity index (χ1) is 17.9. The minimum atomic E-state index is -0.411. The van der Waals surface area contributed by atoms with E-state index in [9.17, 15) is 9.59 Å². The van der Waals surface area contributed by atoms with E-state index in [0.29, 0.717) is 42.8 Å². The van der Waals surface area contributed by atoms with Gasteiger partial charge in [0.2, 0.25) is 11.0 Å². The highest BCUT2D eigenvalue weighted by atomic mass is 35.5. The Morgan fingerprint density at radius 3 is 2.51 bits per heavy atom.